The molecule has 1 atom stereocenters. The minimum absolute atomic E-state index is 0.0138. The lowest BCUT2D eigenvalue weighted by Crippen LogP contribution is -2.39. The van der Waals surface area contributed by atoms with Crippen molar-refractivity contribution < 1.29 is 9.52 Å². The van der Waals surface area contributed by atoms with Crippen molar-refractivity contribution in [3.05, 3.63) is 22.6 Å². The summed E-state index contributed by atoms with van der Waals surface area (Å²) in [4.78, 5) is 0. The summed E-state index contributed by atoms with van der Waals surface area (Å²) < 4.78 is 5.96. The van der Waals surface area contributed by atoms with Gasteiger partial charge in [0.05, 0.1) is 10.7 Å². The summed E-state index contributed by atoms with van der Waals surface area (Å²) in [5.74, 6) is 0.518. The standard InChI is InChI=1S/C9H14BrNO2/c1-6(2)9(12,5-11)8-7(10)3-4-13-8/h3-4,6,12H,5,11H2,1-2H3. The highest BCUT2D eigenvalue weighted by molar-refractivity contribution is 9.10. The zero-order valence-corrected chi connectivity index (χ0v) is 9.34. The van der Waals surface area contributed by atoms with Crippen LogP contribution in [0.4, 0.5) is 0 Å². The van der Waals surface area contributed by atoms with Crippen molar-refractivity contribution in [1.82, 2.24) is 0 Å². The fourth-order valence-electron chi connectivity index (χ4n) is 1.19. The molecule has 13 heavy (non-hydrogen) atoms. The molecule has 4 heteroatoms. The van der Waals surface area contributed by atoms with Gasteiger partial charge in [-0.1, -0.05) is 13.8 Å². The third kappa shape index (κ3) is 1.80. The average Bonchev–Trinajstić information content (AvgIpc) is 2.50. The molecule has 1 aromatic rings. The minimum atomic E-state index is -1.08. The summed E-state index contributed by atoms with van der Waals surface area (Å²) in [7, 11) is 0. The molecule has 0 amide bonds. The van der Waals surface area contributed by atoms with E-state index in [9.17, 15) is 5.11 Å². The van der Waals surface area contributed by atoms with E-state index < -0.39 is 5.60 Å². The maximum absolute atomic E-state index is 10.2. The number of furan rings is 1. The van der Waals surface area contributed by atoms with Crippen LogP contribution in [0, 0.1) is 5.92 Å². The molecule has 1 rings (SSSR count). The van der Waals surface area contributed by atoms with Crippen LogP contribution in [0.2, 0.25) is 0 Å². The first-order chi connectivity index (χ1) is 6.02. The molecule has 0 aliphatic rings. The largest absolute Gasteiger partial charge is 0.465 e. The predicted molar refractivity (Wildman–Crippen MR) is 54.2 cm³/mol. The normalized spacial score (nSPS) is 16.2. The van der Waals surface area contributed by atoms with Gasteiger partial charge in [-0.2, -0.15) is 0 Å². The number of hydrogen-bond acceptors (Lipinski definition) is 3. The number of rotatable bonds is 3. The molecule has 3 N–H and O–H groups in total. The molecule has 0 radical (unpaired) electrons. The van der Waals surface area contributed by atoms with Gasteiger partial charge in [-0.15, -0.1) is 0 Å². The first-order valence-corrected chi connectivity index (χ1v) is 4.97. The van der Waals surface area contributed by atoms with Crippen molar-refractivity contribution in [2.24, 2.45) is 11.7 Å². The Morgan fingerprint density at radius 1 is 1.69 bits per heavy atom. The summed E-state index contributed by atoms with van der Waals surface area (Å²) in [6, 6.07) is 1.75. The Kier molecular flexibility index (Phi) is 3.16. The Balaban J connectivity index is 3.10. The molecule has 1 unspecified atom stereocenters. The molecule has 74 valence electrons. The van der Waals surface area contributed by atoms with Gasteiger partial charge in [-0.25, -0.2) is 0 Å². The van der Waals surface area contributed by atoms with Gasteiger partial charge in [0.15, 0.2) is 5.76 Å². The van der Waals surface area contributed by atoms with Gasteiger partial charge in [0.2, 0.25) is 0 Å². The minimum Gasteiger partial charge on any atom is -0.465 e. The molecule has 1 aromatic heterocycles. The molecule has 0 fully saturated rings. The van der Waals surface area contributed by atoms with Crippen LogP contribution in [0.25, 0.3) is 0 Å². The van der Waals surface area contributed by atoms with Crippen LogP contribution >= 0.6 is 15.9 Å². The van der Waals surface area contributed by atoms with Crippen molar-refractivity contribution in [2.45, 2.75) is 19.4 Å². The molecule has 0 spiro atoms. The van der Waals surface area contributed by atoms with Crippen LogP contribution in [-0.2, 0) is 5.60 Å². The van der Waals surface area contributed by atoms with Crippen LogP contribution in [0.5, 0.6) is 0 Å². The molecule has 0 saturated heterocycles. The summed E-state index contributed by atoms with van der Waals surface area (Å²) in [6.07, 6.45) is 1.53. The van der Waals surface area contributed by atoms with Crippen LogP contribution in [0.15, 0.2) is 21.2 Å². The molecular formula is C9H14BrNO2. The molecule has 0 aliphatic heterocycles. The number of hydrogen-bond donors (Lipinski definition) is 2. The summed E-state index contributed by atoms with van der Waals surface area (Å²) in [5, 5.41) is 10.2. The van der Waals surface area contributed by atoms with Gasteiger partial charge in [0, 0.05) is 6.54 Å². The van der Waals surface area contributed by atoms with E-state index in [1.165, 1.54) is 6.26 Å². The lowest BCUT2D eigenvalue weighted by molar-refractivity contribution is -0.0215. The Bertz CT molecular complexity index is 285. The van der Waals surface area contributed by atoms with Gasteiger partial charge in [-0.05, 0) is 27.9 Å². The van der Waals surface area contributed by atoms with Crippen LogP contribution in [0.1, 0.15) is 19.6 Å². The maximum Gasteiger partial charge on any atom is 0.151 e. The summed E-state index contributed by atoms with van der Waals surface area (Å²) in [5.41, 5.74) is 4.46. The van der Waals surface area contributed by atoms with E-state index in [4.69, 9.17) is 10.2 Å². The van der Waals surface area contributed by atoms with Gasteiger partial charge >= 0.3 is 0 Å². The molecule has 0 saturated carbocycles. The van der Waals surface area contributed by atoms with Crippen LogP contribution < -0.4 is 5.73 Å². The summed E-state index contributed by atoms with van der Waals surface area (Å²) >= 11 is 3.30. The third-order valence-corrected chi connectivity index (χ3v) is 2.90. The van der Waals surface area contributed by atoms with E-state index in [0.717, 1.165) is 4.47 Å². The van der Waals surface area contributed by atoms with Gasteiger partial charge in [-0.3, -0.25) is 0 Å². The van der Waals surface area contributed by atoms with Gasteiger partial charge < -0.3 is 15.3 Å². The SMILES string of the molecule is CC(C)C(O)(CN)c1occc1Br. The van der Waals surface area contributed by atoms with Gasteiger partial charge in [0.25, 0.3) is 0 Å². The van der Waals surface area contributed by atoms with Crippen molar-refractivity contribution in [3.8, 4) is 0 Å². The Labute approximate surface area is 86.1 Å². The second-order valence-electron chi connectivity index (χ2n) is 3.38. The van der Waals surface area contributed by atoms with Crippen LogP contribution in [0.3, 0.4) is 0 Å². The fourth-order valence-corrected chi connectivity index (χ4v) is 1.74. The predicted octanol–water partition coefficient (Wildman–Crippen LogP) is 1.84. The topological polar surface area (TPSA) is 59.4 Å². The second-order valence-corrected chi connectivity index (χ2v) is 4.24. The Hall–Kier alpha value is -0.320. The highest BCUT2D eigenvalue weighted by atomic mass is 79.9. The lowest BCUT2D eigenvalue weighted by atomic mass is 9.88. The van der Waals surface area contributed by atoms with Crippen molar-refractivity contribution >= 4 is 15.9 Å². The quantitative estimate of drug-likeness (QED) is 0.858. The number of nitrogens with two attached hydrogens (primary N) is 1. The van der Waals surface area contributed by atoms with E-state index in [0.29, 0.717) is 5.76 Å². The fraction of sp³-hybridized carbons (Fsp3) is 0.556. The highest BCUT2D eigenvalue weighted by Crippen LogP contribution is 2.34. The van der Waals surface area contributed by atoms with Crippen molar-refractivity contribution in [2.75, 3.05) is 6.54 Å². The zero-order chi connectivity index (χ0) is 10.1. The second kappa shape index (κ2) is 3.82. The molecule has 1 heterocycles. The lowest BCUT2D eigenvalue weighted by Gasteiger charge is -2.28. The van der Waals surface area contributed by atoms with E-state index in [-0.39, 0.29) is 12.5 Å². The van der Waals surface area contributed by atoms with E-state index in [1.54, 1.807) is 6.07 Å². The smallest absolute Gasteiger partial charge is 0.151 e. The first-order valence-electron chi connectivity index (χ1n) is 4.18. The molecular weight excluding hydrogens is 234 g/mol. The monoisotopic (exact) mass is 247 g/mol. The van der Waals surface area contributed by atoms with Crippen LogP contribution in [-0.4, -0.2) is 11.7 Å². The van der Waals surface area contributed by atoms with E-state index in [1.807, 2.05) is 13.8 Å². The highest BCUT2D eigenvalue weighted by Gasteiger charge is 2.36. The van der Waals surface area contributed by atoms with Crippen molar-refractivity contribution in [3.63, 3.8) is 0 Å². The molecule has 0 bridgehead atoms. The third-order valence-electron chi connectivity index (χ3n) is 2.28. The molecule has 0 aromatic carbocycles. The van der Waals surface area contributed by atoms with Gasteiger partial charge in [0.1, 0.15) is 5.60 Å². The average molecular weight is 248 g/mol. The summed E-state index contributed by atoms with van der Waals surface area (Å²) in [6.45, 7) is 3.96. The molecule has 3 nitrogen and oxygen atoms in total. The number of halogens is 1. The number of aliphatic hydroxyl groups is 1. The van der Waals surface area contributed by atoms with E-state index in [2.05, 4.69) is 15.9 Å². The molecule has 0 aliphatic carbocycles. The van der Waals surface area contributed by atoms with Crippen molar-refractivity contribution in [1.29, 1.82) is 0 Å². The maximum atomic E-state index is 10.2. The van der Waals surface area contributed by atoms with E-state index >= 15 is 0 Å². The zero-order valence-electron chi connectivity index (χ0n) is 7.75. The first kappa shape index (κ1) is 10.8. The Morgan fingerprint density at radius 3 is 2.62 bits per heavy atom. The Morgan fingerprint density at radius 2 is 2.31 bits per heavy atom.